The lowest BCUT2D eigenvalue weighted by Crippen LogP contribution is -2.60. The molecule has 0 spiro atoms. The number of aromatic amines is 1. The largest absolute Gasteiger partial charge is 0.357 e. The van der Waals surface area contributed by atoms with Gasteiger partial charge in [0, 0.05) is 23.0 Å². The zero-order chi connectivity index (χ0) is 18.4. The fourth-order valence-electron chi connectivity index (χ4n) is 3.93. The molecule has 27 heavy (non-hydrogen) atoms. The van der Waals surface area contributed by atoms with Crippen molar-refractivity contribution < 1.29 is 9.59 Å². The standard InChI is InChI=1S/C21H18N4O2/c26-20-13-25(22-11-14-6-2-1-3-7-14)21(27)19-10-16-15-8-4-5-9-17(15)23-18(16)12-24(19)20/h1-9,11,19,23H,10,12-13H2/b22-11-/t19-/m0/s1. The molecule has 1 fully saturated rings. The summed E-state index contributed by atoms with van der Waals surface area (Å²) in [6.45, 7) is 0.420. The van der Waals surface area contributed by atoms with Gasteiger partial charge in [0.2, 0.25) is 5.91 Å². The van der Waals surface area contributed by atoms with Gasteiger partial charge >= 0.3 is 0 Å². The molecule has 134 valence electrons. The van der Waals surface area contributed by atoms with Crippen LogP contribution in [0.4, 0.5) is 0 Å². The first kappa shape index (κ1) is 15.8. The molecule has 2 aromatic carbocycles. The van der Waals surface area contributed by atoms with E-state index in [1.165, 1.54) is 5.01 Å². The summed E-state index contributed by atoms with van der Waals surface area (Å²) in [6.07, 6.45) is 2.14. The van der Waals surface area contributed by atoms with Crippen molar-refractivity contribution in [2.75, 3.05) is 6.54 Å². The van der Waals surface area contributed by atoms with Gasteiger partial charge in [-0.1, -0.05) is 48.5 Å². The van der Waals surface area contributed by atoms with Gasteiger partial charge in [-0.3, -0.25) is 9.59 Å². The van der Waals surface area contributed by atoms with Gasteiger partial charge in [-0.05, 0) is 17.2 Å². The number of para-hydroxylation sites is 1. The van der Waals surface area contributed by atoms with Crippen molar-refractivity contribution in [3.8, 4) is 0 Å². The summed E-state index contributed by atoms with van der Waals surface area (Å²) in [6, 6.07) is 17.1. The molecule has 1 aromatic heterocycles. The molecule has 1 saturated heterocycles. The number of H-pyrrole nitrogens is 1. The minimum Gasteiger partial charge on any atom is -0.357 e. The Labute approximate surface area is 156 Å². The highest BCUT2D eigenvalue weighted by Crippen LogP contribution is 2.32. The van der Waals surface area contributed by atoms with Crippen molar-refractivity contribution in [1.29, 1.82) is 0 Å². The summed E-state index contributed by atoms with van der Waals surface area (Å²) in [5.74, 6) is -0.202. The lowest BCUT2D eigenvalue weighted by Gasteiger charge is -2.40. The number of carbonyl (C=O) groups excluding carboxylic acids is 2. The average Bonchev–Trinajstić information content (AvgIpc) is 3.07. The number of amides is 2. The molecule has 0 aliphatic carbocycles. The first-order chi connectivity index (χ1) is 13.2. The Balaban J connectivity index is 1.46. The highest BCUT2D eigenvalue weighted by molar-refractivity contribution is 5.97. The van der Waals surface area contributed by atoms with Gasteiger partial charge in [0.15, 0.2) is 0 Å². The maximum atomic E-state index is 13.0. The van der Waals surface area contributed by atoms with Gasteiger partial charge in [-0.25, -0.2) is 5.01 Å². The number of hydrazone groups is 1. The van der Waals surface area contributed by atoms with Gasteiger partial charge in [0.1, 0.15) is 12.6 Å². The summed E-state index contributed by atoms with van der Waals surface area (Å²) < 4.78 is 0. The number of piperazine rings is 1. The van der Waals surface area contributed by atoms with Crippen LogP contribution in [0.5, 0.6) is 0 Å². The number of nitrogens with zero attached hydrogens (tertiary/aromatic N) is 3. The molecule has 0 bridgehead atoms. The van der Waals surface area contributed by atoms with Crippen molar-refractivity contribution in [3.05, 3.63) is 71.4 Å². The number of nitrogens with one attached hydrogen (secondary N) is 1. The molecule has 5 rings (SSSR count). The van der Waals surface area contributed by atoms with Crippen LogP contribution in [0.2, 0.25) is 0 Å². The molecule has 2 aliphatic heterocycles. The van der Waals surface area contributed by atoms with Gasteiger partial charge in [0.25, 0.3) is 5.91 Å². The first-order valence-corrected chi connectivity index (χ1v) is 8.99. The third-order valence-corrected chi connectivity index (χ3v) is 5.29. The van der Waals surface area contributed by atoms with E-state index in [-0.39, 0.29) is 18.4 Å². The summed E-state index contributed by atoms with van der Waals surface area (Å²) in [5, 5.41) is 6.71. The number of hydrogen-bond donors (Lipinski definition) is 1. The van der Waals surface area contributed by atoms with Crippen LogP contribution >= 0.6 is 0 Å². The Morgan fingerprint density at radius 3 is 2.63 bits per heavy atom. The number of benzene rings is 2. The summed E-state index contributed by atoms with van der Waals surface area (Å²) >= 11 is 0. The monoisotopic (exact) mass is 358 g/mol. The molecule has 3 aromatic rings. The van der Waals surface area contributed by atoms with Crippen LogP contribution < -0.4 is 0 Å². The van der Waals surface area contributed by atoms with E-state index in [1.807, 2.05) is 48.5 Å². The fraction of sp³-hybridized carbons (Fsp3) is 0.190. The van der Waals surface area contributed by atoms with Gasteiger partial charge < -0.3 is 9.88 Å². The quantitative estimate of drug-likeness (QED) is 0.714. The Morgan fingerprint density at radius 1 is 1.00 bits per heavy atom. The van der Waals surface area contributed by atoms with E-state index >= 15 is 0 Å². The zero-order valence-electron chi connectivity index (χ0n) is 14.6. The van der Waals surface area contributed by atoms with Crippen molar-refractivity contribution in [2.45, 2.75) is 19.0 Å². The molecule has 2 aliphatic rings. The van der Waals surface area contributed by atoms with Gasteiger partial charge in [0.05, 0.1) is 12.8 Å². The van der Waals surface area contributed by atoms with Crippen molar-refractivity contribution in [3.63, 3.8) is 0 Å². The highest BCUT2D eigenvalue weighted by atomic mass is 16.2. The highest BCUT2D eigenvalue weighted by Gasteiger charge is 2.43. The Hall–Kier alpha value is -3.41. The maximum absolute atomic E-state index is 13.0. The molecule has 0 unspecified atom stereocenters. The van der Waals surface area contributed by atoms with Crippen molar-refractivity contribution in [2.24, 2.45) is 5.10 Å². The van der Waals surface area contributed by atoms with E-state index in [0.717, 1.165) is 27.7 Å². The van der Waals surface area contributed by atoms with E-state index in [9.17, 15) is 9.59 Å². The third kappa shape index (κ3) is 2.61. The number of fused-ring (bicyclic) bond motifs is 4. The fourth-order valence-corrected chi connectivity index (χ4v) is 3.93. The molecule has 0 saturated carbocycles. The molecule has 1 atom stereocenters. The molecule has 2 amide bonds. The van der Waals surface area contributed by atoms with Gasteiger partial charge in [-0.2, -0.15) is 5.10 Å². The SMILES string of the molecule is O=C1[C@@H]2Cc3c([nH]c4ccccc34)CN2C(=O)CN1/N=C\c1ccccc1. The lowest BCUT2D eigenvalue weighted by atomic mass is 9.94. The van der Waals surface area contributed by atoms with Crippen LogP contribution in [-0.2, 0) is 22.6 Å². The van der Waals surface area contributed by atoms with Crippen LogP contribution in [0.15, 0.2) is 59.7 Å². The predicted molar refractivity (Wildman–Crippen MR) is 102 cm³/mol. The second-order valence-electron chi connectivity index (χ2n) is 6.92. The number of carbonyl (C=O) groups is 2. The zero-order valence-corrected chi connectivity index (χ0v) is 14.6. The van der Waals surface area contributed by atoms with Crippen molar-refractivity contribution >= 4 is 28.9 Å². The van der Waals surface area contributed by atoms with Crippen LogP contribution in [0.25, 0.3) is 10.9 Å². The first-order valence-electron chi connectivity index (χ1n) is 8.99. The Morgan fingerprint density at radius 2 is 1.78 bits per heavy atom. The van der Waals surface area contributed by atoms with E-state index in [4.69, 9.17) is 0 Å². The summed E-state index contributed by atoms with van der Waals surface area (Å²) in [4.78, 5) is 30.7. The van der Waals surface area contributed by atoms with E-state index in [1.54, 1.807) is 11.1 Å². The predicted octanol–water partition coefficient (Wildman–Crippen LogP) is 2.30. The Bertz CT molecular complexity index is 1070. The lowest BCUT2D eigenvalue weighted by molar-refractivity contribution is -0.157. The number of aromatic nitrogens is 1. The van der Waals surface area contributed by atoms with Crippen LogP contribution in [0, 0.1) is 0 Å². The molecular formula is C21H18N4O2. The molecule has 1 N–H and O–H groups in total. The molecular weight excluding hydrogens is 340 g/mol. The van der Waals surface area contributed by atoms with Crippen molar-refractivity contribution in [1.82, 2.24) is 14.9 Å². The Kier molecular flexibility index (Phi) is 3.57. The normalized spacial score (nSPS) is 19.6. The topological polar surface area (TPSA) is 68.8 Å². The third-order valence-electron chi connectivity index (χ3n) is 5.29. The summed E-state index contributed by atoms with van der Waals surface area (Å²) in [7, 11) is 0. The molecule has 6 nitrogen and oxygen atoms in total. The summed E-state index contributed by atoms with van der Waals surface area (Å²) in [5.41, 5.74) is 4.08. The van der Waals surface area contributed by atoms with E-state index < -0.39 is 6.04 Å². The maximum Gasteiger partial charge on any atom is 0.266 e. The minimum atomic E-state index is -0.495. The van der Waals surface area contributed by atoms with Crippen LogP contribution in [0.3, 0.4) is 0 Å². The average molecular weight is 358 g/mol. The minimum absolute atomic E-state index is 0.0196. The van der Waals surface area contributed by atoms with Crippen LogP contribution in [0.1, 0.15) is 16.8 Å². The van der Waals surface area contributed by atoms with E-state index in [2.05, 4.69) is 16.2 Å². The number of hydrogen-bond acceptors (Lipinski definition) is 3. The number of rotatable bonds is 2. The molecule has 3 heterocycles. The second kappa shape index (κ2) is 6.09. The van der Waals surface area contributed by atoms with Crippen LogP contribution in [-0.4, -0.2) is 45.5 Å². The smallest absolute Gasteiger partial charge is 0.266 e. The van der Waals surface area contributed by atoms with E-state index in [0.29, 0.717) is 13.0 Å². The molecule has 0 radical (unpaired) electrons. The van der Waals surface area contributed by atoms with Gasteiger partial charge in [-0.15, -0.1) is 0 Å². The molecule has 6 heteroatoms. The second-order valence-corrected chi connectivity index (χ2v) is 6.92.